The maximum Gasteiger partial charge on any atom is 0.251 e. The molecular formula is C12H10FNO3. The molecule has 0 aliphatic rings. The number of benzene rings is 1. The van der Waals surface area contributed by atoms with Crippen molar-refractivity contribution in [2.24, 2.45) is 0 Å². The molecule has 0 spiro atoms. The smallest absolute Gasteiger partial charge is 0.251 e. The molecule has 0 unspecified atom stereocenters. The number of nitrogens with zero attached hydrogens (tertiary/aromatic N) is 1. The summed E-state index contributed by atoms with van der Waals surface area (Å²) in [6.07, 6.45) is 0.595. The van der Waals surface area contributed by atoms with Gasteiger partial charge >= 0.3 is 0 Å². The van der Waals surface area contributed by atoms with Crippen molar-refractivity contribution < 1.29 is 13.9 Å². The molecule has 2 rings (SSSR count). The fraction of sp³-hybridized carbons (Fsp3) is 0.167. The number of carbonyl (C=O) groups is 1. The van der Waals surface area contributed by atoms with Crippen molar-refractivity contribution >= 4 is 17.2 Å². The number of carbonyl (C=O) groups excluding carboxylic acids is 1. The van der Waals surface area contributed by atoms with E-state index >= 15 is 0 Å². The van der Waals surface area contributed by atoms with Crippen molar-refractivity contribution in [2.75, 3.05) is 7.11 Å². The number of rotatable bonds is 3. The van der Waals surface area contributed by atoms with Gasteiger partial charge in [0.05, 0.1) is 19.2 Å². The molecule has 5 heteroatoms. The Kier molecular flexibility index (Phi) is 2.91. The predicted octanol–water partition coefficient (Wildman–Crippen LogP) is 1.35. The zero-order valence-electron chi connectivity index (χ0n) is 9.14. The molecule has 0 saturated heterocycles. The lowest BCUT2D eigenvalue weighted by atomic mass is 10.2. The highest BCUT2D eigenvalue weighted by Gasteiger charge is 2.09. The minimum Gasteiger partial charge on any atom is -0.496 e. The molecule has 0 aliphatic carbocycles. The van der Waals surface area contributed by atoms with Crippen LogP contribution in [0.3, 0.4) is 0 Å². The lowest BCUT2D eigenvalue weighted by molar-refractivity contribution is -0.108. The summed E-state index contributed by atoms with van der Waals surface area (Å²) in [6, 6.07) is 5.32. The fourth-order valence-corrected chi connectivity index (χ4v) is 1.77. The van der Waals surface area contributed by atoms with E-state index in [9.17, 15) is 14.0 Å². The van der Waals surface area contributed by atoms with Crippen molar-refractivity contribution in [2.45, 2.75) is 6.54 Å². The number of fused-ring (bicyclic) bond motifs is 1. The molecule has 1 aromatic carbocycles. The molecule has 1 aromatic heterocycles. The number of aldehydes is 1. The Morgan fingerprint density at radius 1 is 1.41 bits per heavy atom. The van der Waals surface area contributed by atoms with E-state index in [4.69, 9.17) is 4.74 Å². The van der Waals surface area contributed by atoms with Crippen LogP contribution in [0.2, 0.25) is 0 Å². The predicted molar refractivity (Wildman–Crippen MR) is 60.8 cm³/mol. The fourth-order valence-electron chi connectivity index (χ4n) is 1.77. The summed E-state index contributed by atoms with van der Waals surface area (Å²) in [7, 11) is 1.42. The van der Waals surface area contributed by atoms with E-state index in [1.165, 1.54) is 29.9 Å². The van der Waals surface area contributed by atoms with Crippen molar-refractivity contribution in [1.82, 2.24) is 4.57 Å². The molecule has 17 heavy (non-hydrogen) atoms. The highest BCUT2D eigenvalue weighted by Crippen LogP contribution is 2.25. The summed E-state index contributed by atoms with van der Waals surface area (Å²) < 4.78 is 19.6. The van der Waals surface area contributed by atoms with Gasteiger partial charge in [0.2, 0.25) is 0 Å². The van der Waals surface area contributed by atoms with Gasteiger partial charge in [-0.2, -0.15) is 0 Å². The van der Waals surface area contributed by atoms with Crippen LogP contribution in [0.1, 0.15) is 0 Å². The number of hydrogen-bond acceptors (Lipinski definition) is 3. The molecule has 0 amide bonds. The van der Waals surface area contributed by atoms with Crippen LogP contribution < -0.4 is 10.3 Å². The van der Waals surface area contributed by atoms with Crippen molar-refractivity contribution in [1.29, 1.82) is 0 Å². The first-order valence-electron chi connectivity index (χ1n) is 4.98. The number of methoxy groups -OCH3 is 1. The van der Waals surface area contributed by atoms with Crippen LogP contribution in [-0.2, 0) is 11.3 Å². The van der Waals surface area contributed by atoms with Crippen LogP contribution in [-0.4, -0.2) is 18.0 Å². The Hall–Kier alpha value is -2.17. The van der Waals surface area contributed by atoms with Gasteiger partial charge in [0.1, 0.15) is 17.9 Å². The van der Waals surface area contributed by atoms with E-state index in [-0.39, 0.29) is 12.1 Å². The third-order valence-electron chi connectivity index (χ3n) is 2.51. The van der Waals surface area contributed by atoms with Crippen molar-refractivity contribution in [3.05, 3.63) is 40.4 Å². The largest absolute Gasteiger partial charge is 0.496 e. The highest BCUT2D eigenvalue weighted by molar-refractivity contribution is 5.86. The van der Waals surface area contributed by atoms with Gasteiger partial charge in [0.15, 0.2) is 0 Å². The molecule has 0 radical (unpaired) electrons. The molecule has 88 valence electrons. The van der Waals surface area contributed by atoms with Crippen molar-refractivity contribution in [3.8, 4) is 5.75 Å². The number of pyridine rings is 1. The van der Waals surface area contributed by atoms with Gasteiger partial charge < -0.3 is 14.1 Å². The normalized spacial score (nSPS) is 10.5. The van der Waals surface area contributed by atoms with Gasteiger partial charge in [0, 0.05) is 17.5 Å². The van der Waals surface area contributed by atoms with E-state index in [0.717, 1.165) is 0 Å². The lowest BCUT2D eigenvalue weighted by Crippen LogP contribution is -2.20. The third-order valence-corrected chi connectivity index (χ3v) is 2.51. The minimum atomic E-state index is -0.514. The summed E-state index contributed by atoms with van der Waals surface area (Å²) in [5, 5.41) is 0.593. The van der Waals surface area contributed by atoms with Gasteiger partial charge in [-0.05, 0) is 12.1 Å². The average Bonchev–Trinajstić information content (AvgIpc) is 2.32. The number of aromatic nitrogens is 1. The summed E-state index contributed by atoms with van der Waals surface area (Å²) in [4.78, 5) is 22.1. The maximum atomic E-state index is 13.4. The standard InChI is InChI=1S/C12H10FNO3/c1-17-11-7-8(13)6-10-9(11)2-3-12(16)14(10)4-5-15/h2-3,5-7H,4H2,1H3. The molecular weight excluding hydrogens is 225 g/mol. The number of halogens is 1. The maximum absolute atomic E-state index is 13.4. The van der Waals surface area contributed by atoms with E-state index in [1.54, 1.807) is 6.07 Å². The molecule has 1 heterocycles. The lowest BCUT2D eigenvalue weighted by Gasteiger charge is -2.10. The van der Waals surface area contributed by atoms with E-state index in [2.05, 4.69) is 0 Å². The van der Waals surface area contributed by atoms with Gasteiger partial charge in [-0.1, -0.05) is 0 Å². The quantitative estimate of drug-likeness (QED) is 0.754. The average molecular weight is 235 g/mol. The number of hydrogen-bond donors (Lipinski definition) is 0. The van der Waals surface area contributed by atoms with Crippen LogP contribution in [0.25, 0.3) is 10.9 Å². The molecule has 2 aromatic rings. The van der Waals surface area contributed by atoms with E-state index in [1.807, 2.05) is 0 Å². The highest BCUT2D eigenvalue weighted by atomic mass is 19.1. The monoisotopic (exact) mass is 235 g/mol. The van der Waals surface area contributed by atoms with E-state index in [0.29, 0.717) is 22.9 Å². The summed E-state index contributed by atoms with van der Waals surface area (Å²) in [5.41, 5.74) is -0.00120. The molecule has 0 fully saturated rings. The van der Waals surface area contributed by atoms with Crippen LogP contribution in [0.5, 0.6) is 5.75 Å². The molecule has 0 bridgehead atoms. The second-order valence-corrected chi connectivity index (χ2v) is 3.49. The van der Waals surface area contributed by atoms with Gasteiger partial charge in [-0.3, -0.25) is 4.79 Å². The SMILES string of the molecule is COc1cc(F)cc2c1ccc(=O)n2CC=O. The van der Waals surface area contributed by atoms with E-state index < -0.39 is 5.82 Å². The first-order valence-corrected chi connectivity index (χ1v) is 4.98. The van der Waals surface area contributed by atoms with Gasteiger partial charge in [-0.15, -0.1) is 0 Å². The molecule has 0 atom stereocenters. The molecule has 4 nitrogen and oxygen atoms in total. The van der Waals surface area contributed by atoms with Crippen LogP contribution in [0.15, 0.2) is 29.1 Å². The minimum absolute atomic E-state index is 0.108. The number of ether oxygens (including phenoxy) is 1. The zero-order valence-corrected chi connectivity index (χ0v) is 9.14. The zero-order chi connectivity index (χ0) is 12.4. The molecule has 0 saturated carbocycles. The molecule has 0 N–H and O–H groups in total. The van der Waals surface area contributed by atoms with Crippen LogP contribution in [0, 0.1) is 5.82 Å². The Bertz CT molecular complexity index is 633. The first-order chi connectivity index (χ1) is 8.17. The first kappa shape index (κ1) is 11.3. The van der Waals surface area contributed by atoms with Crippen LogP contribution in [0.4, 0.5) is 4.39 Å². The van der Waals surface area contributed by atoms with Crippen molar-refractivity contribution in [3.63, 3.8) is 0 Å². The van der Waals surface area contributed by atoms with Gasteiger partial charge in [0.25, 0.3) is 5.56 Å². The second kappa shape index (κ2) is 4.37. The second-order valence-electron chi connectivity index (χ2n) is 3.49. The Balaban J connectivity index is 2.88. The Morgan fingerprint density at radius 2 is 2.18 bits per heavy atom. The summed E-state index contributed by atoms with van der Waals surface area (Å²) in [6.45, 7) is -0.108. The Morgan fingerprint density at radius 3 is 2.82 bits per heavy atom. The topological polar surface area (TPSA) is 48.3 Å². The Labute approximate surface area is 96.2 Å². The molecule has 0 aliphatic heterocycles. The third kappa shape index (κ3) is 1.91. The summed E-state index contributed by atoms with van der Waals surface area (Å²) in [5.74, 6) is -0.181. The summed E-state index contributed by atoms with van der Waals surface area (Å²) >= 11 is 0. The van der Waals surface area contributed by atoms with Gasteiger partial charge in [-0.25, -0.2) is 4.39 Å². The van der Waals surface area contributed by atoms with Crippen LogP contribution >= 0.6 is 0 Å².